The van der Waals surface area contributed by atoms with Gasteiger partial charge in [0.15, 0.2) is 0 Å². The summed E-state index contributed by atoms with van der Waals surface area (Å²) in [6.45, 7) is 8.63. The first kappa shape index (κ1) is 12.2. The molecule has 1 heterocycles. The Morgan fingerprint density at radius 2 is 2.07 bits per heavy atom. The summed E-state index contributed by atoms with van der Waals surface area (Å²) in [5.41, 5.74) is 0. The van der Waals surface area contributed by atoms with Crippen LogP contribution >= 0.6 is 0 Å². The molecule has 0 saturated carbocycles. The minimum Gasteiger partial charge on any atom is -0.312 e. The Hall–Kier alpha value is -0.900. The second-order valence-electron chi connectivity index (χ2n) is 4.49. The zero-order valence-electron chi connectivity index (χ0n) is 9.98. The molecule has 0 bridgehead atoms. The van der Waals surface area contributed by atoms with Crippen molar-refractivity contribution >= 4 is 0 Å². The van der Waals surface area contributed by atoms with Crippen LogP contribution in [-0.2, 0) is 6.54 Å². The summed E-state index contributed by atoms with van der Waals surface area (Å²) in [5.74, 6) is 0.796. The molecule has 0 amide bonds. The average Bonchev–Trinajstić information content (AvgIpc) is 2.67. The number of rotatable bonds is 7. The van der Waals surface area contributed by atoms with E-state index in [-0.39, 0.29) is 0 Å². The Morgan fingerprint density at radius 1 is 1.27 bits per heavy atom. The molecule has 0 aromatic carbocycles. The van der Waals surface area contributed by atoms with E-state index < -0.39 is 0 Å². The summed E-state index contributed by atoms with van der Waals surface area (Å²) in [5, 5.41) is 11.2. The third-order valence-electron chi connectivity index (χ3n) is 2.48. The molecule has 4 nitrogen and oxygen atoms in total. The summed E-state index contributed by atoms with van der Waals surface area (Å²) in [7, 11) is 0. The SMILES string of the molecule is CC(C)CCC(C)NCCn1ccnn1. The molecule has 0 aliphatic rings. The molecule has 1 N–H and O–H groups in total. The minimum atomic E-state index is 0.593. The highest BCUT2D eigenvalue weighted by atomic mass is 15.4. The Balaban J connectivity index is 2.04. The fraction of sp³-hybridized carbons (Fsp3) is 0.818. The maximum absolute atomic E-state index is 3.91. The van der Waals surface area contributed by atoms with E-state index in [1.807, 2.05) is 10.9 Å². The topological polar surface area (TPSA) is 42.7 Å². The van der Waals surface area contributed by atoms with E-state index in [4.69, 9.17) is 0 Å². The van der Waals surface area contributed by atoms with Gasteiger partial charge in [-0.05, 0) is 25.7 Å². The highest BCUT2D eigenvalue weighted by Crippen LogP contribution is 2.05. The lowest BCUT2D eigenvalue weighted by molar-refractivity contribution is 0.432. The number of nitrogens with zero attached hydrogens (tertiary/aromatic N) is 3. The first-order chi connectivity index (χ1) is 7.18. The molecular weight excluding hydrogens is 188 g/mol. The van der Waals surface area contributed by atoms with Crippen molar-refractivity contribution in [3.8, 4) is 0 Å². The summed E-state index contributed by atoms with van der Waals surface area (Å²) in [4.78, 5) is 0. The maximum Gasteiger partial charge on any atom is 0.0692 e. The van der Waals surface area contributed by atoms with E-state index in [0.29, 0.717) is 6.04 Å². The van der Waals surface area contributed by atoms with E-state index in [1.54, 1.807) is 6.20 Å². The lowest BCUT2D eigenvalue weighted by Crippen LogP contribution is -2.29. The number of hydrogen-bond donors (Lipinski definition) is 1. The van der Waals surface area contributed by atoms with Crippen LogP contribution in [0.15, 0.2) is 12.4 Å². The molecule has 4 heteroatoms. The summed E-state index contributed by atoms with van der Waals surface area (Å²) >= 11 is 0. The zero-order valence-corrected chi connectivity index (χ0v) is 9.98. The van der Waals surface area contributed by atoms with Crippen molar-refractivity contribution in [2.45, 2.75) is 46.2 Å². The van der Waals surface area contributed by atoms with Gasteiger partial charge in [0.05, 0.1) is 12.7 Å². The quantitative estimate of drug-likeness (QED) is 0.744. The normalized spacial score (nSPS) is 13.3. The van der Waals surface area contributed by atoms with E-state index in [0.717, 1.165) is 19.0 Å². The molecule has 1 atom stereocenters. The molecule has 1 rings (SSSR count). The van der Waals surface area contributed by atoms with Crippen LogP contribution in [-0.4, -0.2) is 27.6 Å². The molecule has 0 spiro atoms. The Kier molecular flexibility index (Phi) is 5.32. The van der Waals surface area contributed by atoms with Crippen molar-refractivity contribution in [3.05, 3.63) is 12.4 Å². The van der Waals surface area contributed by atoms with Gasteiger partial charge in [-0.2, -0.15) is 0 Å². The maximum atomic E-state index is 3.91. The fourth-order valence-corrected chi connectivity index (χ4v) is 1.46. The molecule has 1 aromatic rings. The number of aromatic nitrogens is 3. The van der Waals surface area contributed by atoms with Gasteiger partial charge < -0.3 is 5.32 Å². The van der Waals surface area contributed by atoms with Gasteiger partial charge in [0.25, 0.3) is 0 Å². The summed E-state index contributed by atoms with van der Waals surface area (Å²) in [6.07, 6.45) is 6.13. The zero-order chi connectivity index (χ0) is 11.1. The molecule has 0 aliphatic heterocycles. The van der Waals surface area contributed by atoms with E-state index >= 15 is 0 Å². The lowest BCUT2D eigenvalue weighted by atomic mass is 10.0. The van der Waals surface area contributed by atoms with Gasteiger partial charge in [-0.15, -0.1) is 5.10 Å². The van der Waals surface area contributed by atoms with Gasteiger partial charge >= 0.3 is 0 Å². The van der Waals surface area contributed by atoms with E-state index in [2.05, 4.69) is 36.4 Å². The first-order valence-corrected chi connectivity index (χ1v) is 5.76. The van der Waals surface area contributed by atoms with Gasteiger partial charge in [0, 0.05) is 18.8 Å². The second-order valence-corrected chi connectivity index (χ2v) is 4.49. The molecule has 86 valence electrons. The van der Waals surface area contributed by atoms with Gasteiger partial charge in [-0.25, -0.2) is 0 Å². The van der Waals surface area contributed by atoms with Crippen LogP contribution < -0.4 is 5.32 Å². The van der Waals surface area contributed by atoms with E-state index in [9.17, 15) is 0 Å². The smallest absolute Gasteiger partial charge is 0.0692 e. The van der Waals surface area contributed by atoms with Crippen LogP contribution in [0.3, 0.4) is 0 Å². The molecule has 0 aliphatic carbocycles. The monoisotopic (exact) mass is 210 g/mol. The Labute approximate surface area is 92.1 Å². The number of nitrogens with one attached hydrogen (secondary N) is 1. The molecule has 0 fully saturated rings. The van der Waals surface area contributed by atoms with Crippen molar-refractivity contribution in [1.29, 1.82) is 0 Å². The van der Waals surface area contributed by atoms with Crippen LogP contribution in [0.25, 0.3) is 0 Å². The van der Waals surface area contributed by atoms with Crippen molar-refractivity contribution in [3.63, 3.8) is 0 Å². The predicted octanol–water partition coefficient (Wildman–Crippen LogP) is 1.69. The van der Waals surface area contributed by atoms with Crippen molar-refractivity contribution in [1.82, 2.24) is 20.3 Å². The Morgan fingerprint density at radius 3 is 2.67 bits per heavy atom. The van der Waals surface area contributed by atoms with Crippen LogP contribution in [0.5, 0.6) is 0 Å². The molecular formula is C11H22N4. The molecule has 15 heavy (non-hydrogen) atoms. The van der Waals surface area contributed by atoms with Crippen molar-refractivity contribution in [2.24, 2.45) is 5.92 Å². The van der Waals surface area contributed by atoms with Crippen LogP contribution in [0.1, 0.15) is 33.6 Å². The summed E-state index contributed by atoms with van der Waals surface area (Å²) in [6, 6.07) is 0.593. The highest BCUT2D eigenvalue weighted by molar-refractivity contribution is 4.66. The standard InChI is InChI=1S/C11H22N4/c1-10(2)4-5-11(3)12-6-8-15-9-7-13-14-15/h7,9-12H,4-6,8H2,1-3H3. The van der Waals surface area contributed by atoms with Gasteiger partial charge in [0.2, 0.25) is 0 Å². The first-order valence-electron chi connectivity index (χ1n) is 5.76. The van der Waals surface area contributed by atoms with Crippen molar-refractivity contribution < 1.29 is 0 Å². The minimum absolute atomic E-state index is 0.593. The van der Waals surface area contributed by atoms with Gasteiger partial charge in [-0.3, -0.25) is 4.68 Å². The van der Waals surface area contributed by atoms with Gasteiger partial charge in [0.1, 0.15) is 0 Å². The van der Waals surface area contributed by atoms with Gasteiger partial charge in [-0.1, -0.05) is 19.1 Å². The average molecular weight is 210 g/mol. The predicted molar refractivity (Wildman–Crippen MR) is 61.6 cm³/mol. The number of hydrogen-bond acceptors (Lipinski definition) is 3. The lowest BCUT2D eigenvalue weighted by Gasteiger charge is -2.14. The highest BCUT2D eigenvalue weighted by Gasteiger charge is 2.02. The van der Waals surface area contributed by atoms with Crippen LogP contribution in [0.2, 0.25) is 0 Å². The van der Waals surface area contributed by atoms with Crippen LogP contribution in [0, 0.1) is 5.92 Å². The third kappa shape index (κ3) is 5.52. The third-order valence-corrected chi connectivity index (χ3v) is 2.48. The Bertz CT molecular complexity index is 243. The second kappa shape index (κ2) is 6.56. The fourth-order valence-electron chi connectivity index (χ4n) is 1.46. The van der Waals surface area contributed by atoms with E-state index in [1.165, 1.54) is 12.8 Å². The van der Waals surface area contributed by atoms with Crippen molar-refractivity contribution in [2.75, 3.05) is 6.54 Å². The summed E-state index contributed by atoms with van der Waals surface area (Å²) < 4.78 is 1.85. The molecule has 1 unspecified atom stereocenters. The van der Waals surface area contributed by atoms with Crippen LogP contribution in [0.4, 0.5) is 0 Å². The molecule has 0 radical (unpaired) electrons. The largest absolute Gasteiger partial charge is 0.312 e. The molecule has 0 saturated heterocycles. The molecule has 1 aromatic heterocycles.